The van der Waals surface area contributed by atoms with Gasteiger partial charge in [0.1, 0.15) is 25.0 Å². The Labute approximate surface area is 141 Å². The van der Waals surface area contributed by atoms with Crippen LogP contribution in [0, 0.1) is 5.92 Å². The lowest BCUT2D eigenvalue weighted by Crippen LogP contribution is -2.34. The summed E-state index contributed by atoms with van der Waals surface area (Å²) in [6, 6.07) is 7.58. The van der Waals surface area contributed by atoms with Crippen LogP contribution in [-0.4, -0.2) is 33.3 Å². The van der Waals surface area contributed by atoms with Crippen LogP contribution in [0.4, 0.5) is 5.69 Å². The highest BCUT2D eigenvalue weighted by molar-refractivity contribution is 5.92. The minimum atomic E-state index is 0.00522. The molecule has 1 heterocycles. The van der Waals surface area contributed by atoms with Crippen molar-refractivity contribution in [3.63, 3.8) is 0 Å². The highest BCUT2D eigenvalue weighted by atomic mass is 16.5. The first-order valence-corrected chi connectivity index (χ1v) is 8.32. The summed E-state index contributed by atoms with van der Waals surface area (Å²) in [5, 5.41) is 7.00. The summed E-state index contributed by atoms with van der Waals surface area (Å²) in [6.45, 7) is 1.11. The fourth-order valence-corrected chi connectivity index (χ4v) is 2.98. The summed E-state index contributed by atoms with van der Waals surface area (Å²) in [7, 11) is 0. The molecular weight excluding hydrogens is 306 g/mol. The van der Waals surface area contributed by atoms with Gasteiger partial charge >= 0.3 is 0 Å². The maximum absolute atomic E-state index is 12.4. The number of benzene rings is 1. The summed E-state index contributed by atoms with van der Waals surface area (Å²) in [5.41, 5.74) is 6.71. The predicted molar refractivity (Wildman–Crippen MR) is 90.5 cm³/mol. The molecule has 0 spiro atoms. The Hall–Kier alpha value is -2.41. The highest BCUT2D eigenvalue weighted by Crippen LogP contribution is 2.25. The number of ether oxygens (including phenoxy) is 1. The number of carbonyl (C=O) groups is 1. The van der Waals surface area contributed by atoms with Gasteiger partial charge in [-0.3, -0.25) is 4.79 Å². The highest BCUT2D eigenvalue weighted by Gasteiger charge is 2.25. The van der Waals surface area contributed by atoms with Gasteiger partial charge in [0.25, 0.3) is 0 Å². The zero-order valence-corrected chi connectivity index (χ0v) is 13.6. The van der Waals surface area contributed by atoms with Crippen molar-refractivity contribution in [3.8, 4) is 5.75 Å². The largest absolute Gasteiger partial charge is 0.492 e. The normalized spacial score (nSPS) is 20.5. The second-order valence-corrected chi connectivity index (χ2v) is 6.15. The third kappa shape index (κ3) is 4.55. The molecule has 1 aliphatic carbocycles. The van der Waals surface area contributed by atoms with Crippen LogP contribution in [0.3, 0.4) is 0 Å². The van der Waals surface area contributed by atoms with Gasteiger partial charge in [0.05, 0.1) is 6.54 Å². The van der Waals surface area contributed by atoms with E-state index < -0.39 is 0 Å². The number of aromatic nitrogens is 3. The molecule has 0 aliphatic heterocycles. The van der Waals surface area contributed by atoms with Crippen molar-refractivity contribution >= 4 is 11.6 Å². The molecule has 0 radical (unpaired) electrons. The van der Waals surface area contributed by atoms with Crippen LogP contribution < -0.4 is 15.8 Å². The number of hydrogen-bond donors (Lipinski definition) is 2. The summed E-state index contributed by atoms with van der Waals surface area (Å²) >= 11 is 0. The average Bonchev–Trinajstić information content (AvgIpc) is 3.09. The van der Waals surface area contributed by atoms with E-state index >= 15 is 0 Å². The SMILES string of the molecule is NC1CCCC(C(=O)Nc2cccc(OCCn3cncn3)c2)C1. The van der Waals surface area contributed by atoms with E-state index in [9.17, 15) is 4.79 Å². The van der Waals surface area contributed by atoms with Crippen LogP contribution in [0.5, 0.6) is 5.75 Å². The van der Waals surface area contributed by atoms with Crippen molar-refractivity contribution in [1.82, 2.24) is 14.8 Å². The van der Waals surface area contributed by atoms with Crippen molar-refractivity contribution in [3.05, 3.63) is 36.9 Å². The summed E-state index contributed by atoms with van der Waals surface area (Å²) < 4.78 is 7.41. The Balaban J connectivity index is 1.51. The van der Waals surface area contributed by atoms with Gasteiger partial charge in [-0.15, -0.1) is 0 Å². The third-order valence-electron chi connectivity index (χ3n) is 4.24. The van der Waals surface area contributed by atoms with E-state index in [1.165, 1.54) is 6.33 Å². The zero-order valence-electron chi connectivity index (χ0n) is 13.6. The quantitative estimate of drug-likeness (QED) is 0.843. The molecule has 2 unspecified atom stereocenters. The molecule has 1 aromatic carbocycles. The van der Waals surface area contributed by atoms with Gasteiger partial charge in [0.15, 0.2) is 0 Å². The molecule has 0 saturated heterocycles. The van der Waals surface area contributed by atoms with Crippen molar-refractivity contribution in [2.24, 2.45) is 11.7 Å². The third-order valence-corrected chi connectivity index (χ3v) is 4.24. The predicted octanol–water partition coefficient (Wildman–Crippen LogP) is 1.81. The lowest BCUT2D eigenvalue weighted by atomic mass is 9.85. The lowest BCUT2D eigenvalue weighted by molar-refractivity contribution is -0.120. The van der Waals surface area contributed by atoms with Crippen molar-refractivity contribution in [2.45, 2.75) is 38.3 Å². The minimum absolute atomic E-state index is 0.00522. The number of nitrogens with one attached hydrogen (secondary N) is 1. The van der Waals surface area contributed by atoms with Crippen molar-refractivity contribution in [1.29, 1.82) is 0 Å². The first kappa shape index (κ1) is 16.4. The molecular formula is C17H23N5O2. The first-order valence-electron chi connectivity index (χ1n) is 8.32. The van der Waals surface area contributed by atoms with Crippen LogP contribution >= 0.6 is 0 Å². The maximum atomic E-state index is 12.4. The topological polar surface area (TPSA) is 95.1 Å². The van der Waals surface area contributed by atoms with Gasteiger partial charge < -0.3 is 15.8 Å². The van der Waals surface area contributed by atoms with Crippen LogP contribution in [0.2, 0.25) is 0 Å². The molecule has 1 aliphatic rings. The Bertz CT molecular complexity index is 659. The summed E-state index contributed by atoms with van der Waals surface area (Å²) in [5.74, 6) is 0.767. The molecule has 7 nitrogen and oxygen atoms in total. The molecule has 1 fully saturated rings. The number of amides is 1. The molecule has 128 valence electrons. The minimum Gasteiger partial charge on any atom is -0.492 e. The number of rotatable bonds is 6. The van der Waals surface area contributed by atoms with Crippen LogP contribution in [0.15, 0.2) is 36.9 Å². The second kappa shape index (κ2) is 7.92. The molecule has 1 amide bonds. The first-order chi connectivity index (χ1) is 11.7. The molecule has 24 heavy (non-hydrogen) atoms. The Kier molecular flexibility index (Phi) is 5.43. The van der Waals surface area contributed by atoms with Crippen molar-refractivity contribution < 1.29 is 9.53 Å². The van der Waals surface area contributed by atoms with E-state index in [0.717, 1.165) is 31.4 Å². The van der Waals surface area contributed by atoms with E-state index in [1.807, 2.05) is 24.3 Å². The monoisotopic (exact) mass is 329 g/mol. The number of nitrogens with two attached hydrogens (primary N) is 1. The maximum Gasteiger partial charge on any atom is 0.227 e. The van der Waals surface area contributed by atoms with Gasteiger partial charge in [-0.1, -0.05) is 12.5 Å². The molecule has 3 rings (SSSR count). The summed E-state index contributed by atoms with van der Waals surface area (Å²) in [4.78, 5) is 16.3. The van der Waals surface area contributed by atoms with Gasteiger partial charge in [-0.2, -0.15) is 5.10 Å². The fourth-order valence-electron chi connectivity index (χ4n) is 2.98. The number of anilines is 1. The Morgan fingerprint density at radius 3 is 3.12 bits per heavy atom. The van der Waals surface area contributed by atoms with E-state index in [0.29, 0.717) is 18.9 Å². The van der Waals surface area contributed by atoms with Crippen LogP contribution in [0.25, 0.3) is 0 Å². The molecule has 2 atom stereocenters. The number of nitrogens with zero attached hydrogens (tertiary/aromatic N) is 3. The molecule has 1 saturated carbocycles. The molecule has 7 heteroatoms. The standard InChI is InChI=1S/C17H23N5O2/c18-14-4-1-3-13(9-14)17(23)21-15-5-2-6-16(10-15)24-8-7-22-12-19-11-20-22/h2,5-6,10-14H,1,3-4,7-9,18H2,(H,21,23). The average molecular weight is 329 g/mol. The van der Waals surface area contributed by atoms with Gasteiger partial charge in [-0.05, 0) is 31.4 Å². The molecule has 2 aromatic rings. The lowest BCUT2D eigenvalue weighted by Gasteiger charge is -2.25. The van der Waals surface area contributed by atoms with E-state index in [4.69, 9.17) is 10.5 Å². The van der Waals surface area contributed by atoms with E-state index in [2.05, 4.69) is 15.4 Å². The van der Waals surface area contributed by atoms with Crippen molar-refractivity contribution in [2.75, 3.05) is 11.9 Å². The van der Waals surface area contributed by atoms with Crippen LogP contribution in [-0.2, 0) is 11.3 Å². The number of carbonyl (C=O) groups excluding carboxylic acids is 1. The van der Waals surface area contributed by atoms with E-state index in [1.54, 1.807) is 11.0 Å². The van der Waals surface area contributed by atoms with Gasteiger partial charge in [0, 0.05) is 23.7 Å². The Morgan fingerprint density at radius 2 is 2.33 bits per heavy atom. The van der Waals surface area contributed by atoms with Gasteiger partial charge in [0.2, 0.25) is 5.91 Å². The smallest absolute Gasteiger partial charge is 0.227 e. The zero-order chi connectivity index (χ0) is 16.8. The molecule has 3 N–H and O–H groups in total. The van der Waals surface area contributed by atoms with Gasteiger partial charge in [-0.25, -0.2) is 9.67 Å². The molecule has 0 bridgehead atoms. The summed E-state index contributed by atoms with van der Waals surface area (Å²) in [6.07, 6.45) is 6.85. The van der Waals surface area contributed by atoms with Crippen LogP contribution in [0.1, 0.15) is 25.7 Å². The van der Waals surface area contributed by atoms with E-state index in [-0.39, 0.29) is 17.9 Å². The Morgan fingerprint density at radius 1 is 1.42 bits per heavy atom. The second-order valence-electron chi connectivity index (χ2n) is 6.15. The fraction of sp³-hybridized carbons (Fsp3) is 0.471. The number of hydrogen-bond acceptors (Lipinski definition) is 5. The molecule has 1 aromatic heterocycles.